The Bertz CT molecular complexity index is 1060. The van der Waals surface area contributed by atoms with Crippen molar-refractivity contribution in [2.45, 2.75) is 32.2 Å². The number of methoxy groups -OCH3 is 1. The van der Waals surface area contributed by atoms with Crippen LogP contribution >= 0.6 is 0 Å². The molecular weight excluding hydrogens is 358 g/mol. The number of amides is 1. The topological polar surface area (TPSA) is 81.7 Å². The van der Waals surface area contributed by atoms with Gasteiger partial charge in [-0.15, -0.1) is 10.2 Å². The van der Waals surface area contributed by atoms with Crippen LogP contribution in [0.2, 0.25) is 0 Å². The Labute approximate surface area is 162 Å². The van der Waals surface area contributed by atoms with Gasteiger partial charge in [-0.25, -0.2) is 0 Å². The van der Waals surface area contributed by atoms with Crippen molar-refractivity contribution in [1.82, 2.24) is 24.1 Å². The van der Waals surface area contributed by atoms with Crippen LogP contribution in [0.25, 0.3) is 5.65 Å². The van der Waals surface area contributed by atoms with Gasteiger partial charge in [-0.1, -0.05) is 6.07 Å². The zero-order valence-electron chi connectivity index (χ0n) is 16.0. The van der Waals surface area contributed by atoms with Gasteiger partial charge in [0.1, 0.15) is 12.4 Å². The lowest BCUT2D eigenvalue weighted by atomic mass is 9.96. The number of piperidine rings is 1. The molecule has 0 aromatic carbocycles. The second-order valence-corrected chi connectivity index (χ2v) is 7.12. The fourth-order valence-electron chi connectivity index (χ4n) is 3.75. The number of pyridine rings is 2. The van der Waals surface area contributed by atoms with Gasteiger partial charge in [0, 0.05) is 37.0 Å². The molecule has 4 rings (SSSR count). The molecule has 1 aliphatic rings. The fraction of sp³-hybridized carbons (Fsp3) is 0.400. The van der Waals surface area contributed by atoms with Gasteiger partial charge in [0.25, 0.3) is 0 Å². The number of nitrogens with zero attached hydrogens (tertiary/aromatic N) is 5. The summed E-state index contributed by atoms with van der Waals surface area (Å²) in [7, 11) is 1.46. The maximum absolute atomic E-state index is 12.8. The lowest BCUT2D eigenvalue weighted by Crippen LogP contribution is -2.40. The van der Waals surface area contributed by atoms with Gasteiger partial charge in [0.2, 0.25) is 11.3 Å². The minimum absolute atomic E-state index is 0.0401. The molecule has 0 N–H and O–H groups in total. The van der Waals surface area contributed by atoms with Crippen LogP contribution in [0, 0.1) is 6.92 Å². The van der Waals surface area contributed by atoms with Crippen molar-refractivity contribution in [3.05, 3.63) is 58.4 Å². The number of hydrogen-bond donors (Lipinski definition) is 0. The van der Waals surface area contributed by atoms with Crippen molar-refractivity contribution in [3.8, 4) is 5.75 Å². The van der Waals surface area contributed by atoms with Gasteiger partial charge in [-0.05, 0) is 31.9 Å². The van der Waals surface area contributed by atoms with Crippen molar-refractivity contribution < 1.29 is 9.53 Å². The average Bonchev–Trinajstić information content (AvgIpc) is 3.14. The lowest BCUT2D eigenvalue weighted by molar-refractivity contribution is -0.132. The number of ether oxygens (including phenoxy) is 1. The SMILES string of the molecule is COc1cn(CC(=O)N2CCC(c3nnc4ccccn34)CC2)c(C)cc1=O. The highest BCUT2D eigenvalue weighted by molar-refractivity contribution is 5.76. The van der Waals surface area contributed by atoms with E-state index >= 15 is 0 Å². The van der Waals surface area contributed by atoms with E-state index in [1.807, 2.05) is 40.6 Å². The molecule has 0 unspecified atom stereocenters. The summed E-state index contributed by atoms with van der Waals surface area (Å²) in [5.41, 5.74) is 1.41. The predicted molar refractivity (Wildman–Crippen MR) is 104 cm³/mol. The molecule has 4 heterocycles. The molecule has 0 aliphatic carbocycles. The molecule has 0 bridgehead atoms. The molecular formula is C20H23N5O3. The Morgan fingerprint density at radius 1 is 1.25 bits per heavy atom. The van der Waals surface area contributed by atoms with E-state index in [4.69, 9.17) is 4.74 Å². The van der Waals surface area contributed by atoms with E-state index < -0.39 is 0 Å². The van der Waals surface area contributed by atoms with Crippen LogP contribution in [0.3, 0.4) is 0 Å². The number of carbonyl (C=O) groups is 1. The first-order valence-electron chi connectivity index (χ1n) is 9.39. The van der Waals surface area contributed by atoms with Crippen LogP contribution < -0.4 is 10.2 Å². The fourth-order valence-corrected chi connectivity index (χ4v) is 3.75. The molecule has 28 heavy (non-hydrogen) atoms. The van der Waals surface area contributed by atoms with E-state index in [0.29, 0.717) is 13.1 Å². The second-order valence-electron chi connectivity index (χ2n) is 7.12. The number of hydrogen-bond acceptors (Lipinski definition) is 5. The molecule has 0 spiro atoms. The zero-order valence-corrected chi connectivity index (χ0v) is 16.0. The normalized spacial score (nSPS) is 15.1. The molecule has 146 valence electrons. The van der Waals surface area contributed by atoms with E-state index in [-0.39, 0.29) is 29.5 Å². The van der Waals surface area contributed by atoms with Crippen molar-refractivity contribution in [2.75, 3.05) is 20.2 Å². The predicted octanol–water partition coefficient (Wildman–Crippen LogP) is 1.61. The van der Waals surface area contributed by atoms with Gasteiger partial charge < -0.3 is 14.2 Å². The van der Waals surface area contributed by atoms with Gasteiger partial charge in [0.05, 0.1) is 13.3 Å². The minimum atomic E-state index is -0.176. The minimum Gasteiger partial charge on any atom is -0.491 e. The summed E-state index contributed by atoms with van der Waals surface area (Å²) < 4.78 is 8.88. The summed E-state index contributed by atoms with van der Waals surface area (Å²) >= 11 is 0. The summed E-state index contributed by atoms with van der Waals surface area (Å²) in [4.78, 5) is 26.4. The maximum atomic E-state index is 12.8. The molecule has 3 aromatic rings. The first-order chi connectivity index (χ1) is 13.6. The molecule has 1 fully saturated rings. The molecule has 1 saturated heterocycles. The Morgan fingerprint density at radius 3 is 2.79 bits per heavy atom. The van der Waals surface area contributed by atoms with E-state index in [1.165, 1.54) is 13.2 Å². The van der Waals surface area contributed by atoms with Crippen LogP contribution in [-0.4, -0.2) is 50.2 Å². The highest BCUT2D eigenvalue weighted by atomic mass is 16.5. The third-order valence-corrected chi connectivity index (χ3v) is 5.39. The van der Waals surface area contributed by atoms with Crippen molar-refractivity contribution in [3.63, 3.8) is 0 Å². The van der Waals surface area contributed by atoms with Gasteiger partial charge in [0.15, 0.2) is 11.4 Å². The quantitative estimate of drug-likeness (QED) is 0.686. The number of carbonyl (C=O) groups excluding carboxylic acids is 1. The Balaban J connectivity index is 1.42. The van der Waals surface area contributed by atoms with Crippen molar-refractivity contribution >= 4 is 11.6 Å². The molecule has 1 amide bonds. The Hall–Kier alpha value is -3.16. The number of likely N-dealkylation sites (tertiary alicyclic amines) is 1. The van der Waals surface area contributed by atoms with E-state index in [9.17, 15) is 9.59 Å². The molecule has 1 aliphatic heterocycles. The number of rotatable bonds is 4. The molecule has 3 aromatic heterocycles. The standard InChI is InChI=1S/C20H23N5O3/c1-14-11-16(26)17(28-2)12-24(14)13-19(27)23-9-6-15(7-10-23)20-22-21-18-5-3-4-8-25(18)20/h3-5,8,11-12,15H,6-7,9-10,13H2,1-2H3. The van der Waals surface area contributed by atoms with Crippen LogP contribution in [0.1, 0.15) is 30.3 Å². The Morgan fingerprint density at radius 2 is 2.04 bits per heavy atom. The summed E-state index contributed by atoms with van der Waals surface area (Å²) in [6.45, 7) is 3.38. The highest BCUT2D eigenvalue weighted by Gasteiger charge is 2.27. The maximum Gasteiger partial charge on any atom is 0.242 e. The number of aryl methyl sites for hydroxylation is 1. The van der Waals surface area contributed by atoms with Gasteiger partial charge in [-0.3, -0.25) is 14.0 Å². The third kappa shape index (κ3) is 3.37. The highest BCUT2D eigenvalue weighted by Crippen LogP contribution is 2.27. The van der Waals surface area contributed by atoms with E-state index in [0.717, 1.165) is 30.0 Å². The summed E-state index contributed by atoms with van der Waals surface area (Å²) in [6.07, 6.45) is 5.29. The number of fused-ring (bicyclic) bond motifs is 1. The van der Waals surface area contributed by atoms with Crippen molar-refractivity contribution in [1.29, 1.82) is 0 Å². The third-order valence-electron chi connectivity index (χ3n) is 5.39. The van der Waals surface area contributed by atoms with Gasteiger partial charge >= 0.3 is 0 Å². The molecule has 8 heteroatoms. The molecule has 0 radical (unpaired) electrons. The first kappa shape index (κ1) is 18.2. The lowest BCUT2D eigenvalue weighted by Gasteiger charge is -2.31. The largest absolute Gasteiger partial charge is 0.491 e. The second kappa shape index (κ2) is 7.46. The average molecular weight is 381 g/mol. The smallest absolute Gasteiger partial charge is 0.242 e. The van der Waals surface area contributed by atoms with Crippen molar-refractivity contribution in [2.24, 2.45) is 0 Å². The molecule has 0 atom stereocenters. The van der Waals surface area contributed by atoms with Gasteiger partial charge in [-0.2, -0.15) is 0 Å². The van der Waals surface area contributed by atoms with Crippen LogP contribution in [0.5, 0.6) is 5.75 Å². The molecule has 0 saturated carbocycles. The summed E-state index contributed by atoms with van der Waals surface area (Å²) in [5.74, 6) is 1.54. The molecule has 8 nitrogen and oxygen atoms in total. The van der Waals surface area contributed by atoms with Crippen LogP contribution in [-0.2, 0) is 11.3 Å². The van der Waals surface area contributed by atoms with E-state index in [1.54, 1.807) is 10.8 Å². The van der Waals surface area contributed by atoms with E-state index in [2.05, 4.69) is 10.2 Å². The Kier molecular flexibility index (Phi) is 4.85. The van der Waals surface area contributed by atoms with Crippen LogP contribution in [0.15, 0.2) is 41.5 Å². The van der Waals surface area contributed by atoms with Crippen LogP contribution in [0.4, 0.5) is 0 Å². The zero-order chi connectivity index (χ0) is 19.7. The first-order valence-corrected chi connectivity index (χ1v) is 9.39. The summed E-state index contributed by atoms with van der Waals surface area (Å²) in [6, 6.07) is 7.35. The summed E-state index contributed by atoms with van der Waals surface area (Å²) in [5, 5.41) is 8.59. The monoisotopic (exact) mass is 381 g/mol. The number of aromatic nitrogens is 4.